The molecule has 5 nitrogen and oxygen atoms in total. The summed E-state index contributed by atoms with van der Waals surface area (Å²) in [6, 6.07) is 19.9. The highest BCUT2D eigenvalue weighted by atomic mass is 19.4. The van der Waals surface area contributed by atoms with Crippen molar-refractivity contribution in [3.05, 3.63) is 113 Å². The summed E-state index contributed by atoms with van der Waals surface area (Å²) in [7, 11) is 1.00. The highest BCUT2D eigenvalue weighted by molar-refractivity contribution is 5.74. The van der Waals surface area contributed by atoms with Gasteiger partial charge in [0.05, 0.1) is 23.1 Å². The zero-order valence-electron chi connectivity index (χ0n) is 23.9. The number of nitrogens with zero attached hydrogens (tertiary/aromatic N) is 2. The van der Waals surface area contributed by atoms with Crippen molar-refractivity contribution >= 4 is 6.29 Å². The van der Waals surface area contributed by atoms with E-state index in [1.54, 1.807) is 25.3 Å². The molecule has 0 radical (unpaired) electrons. The van der Waals surface area contributed by atoms with Gasteiger partial charge in [0, 0.05) is 24.4 Å². The molecule has 41 heavy (non-hydrogen) atoms. The molecule has 0 saturated heterocycles. The van der Waals surface area contributed by atoms with Gasteiger partial charge < -0.3 is 9.84 Å². The molecule has 0 aliphatic heterocycles. The number of rotatable bonds is 9. The van der Waals surface area contributed by atoms with Gasteiger partial charge in [-0.2, -0.15) is 13.2 Å². The Morgan fingerprint density at radius 3 is 2.37 bits per heavy atom. The van der Waals surface area contributed by atoms with Crippen molar-refractivity contribution in [1.82, 2.24) is 9.97 Å². The summed E-state index contributed by atoms with van der Waals surface area (Å²) >= 11 is 0. The van der Waals surface area contributed by atoms with Crippen LogP contribution in [0.1, 0.15) is 65.0 Å². The monoisotopic (exact) mass is 566 g/mol. The van der Waals surface area contributed by atoms with Crippen LogP contribution >= 0.6 is 0 Å². The number of aliphatic hydroxyl groups excluding tert-OH is 1. The minimum Gasteiger partial charge on any atom is -0.486 e. The van der Waals surface area contributed by atoms with E-state index in [4.69, 9.17) is 9.84 Å². The van der Waals surface area contributed by atoms with Gasteiger partial charge in [-0.15, -0.1) is 0 Å². The second-order valence-corrected chi connectivity index (χ2v) is 9.17. The molecule has 0 amide bonds. The molecule has 4 rings (SSSR count). The Morgan fingerprint density at radius 2 is 1.71 bits per heavy atom. The second-order valence-electron chi connectivity index (χ2n) is 9.17. The maximum atomic E-state index is 12.4. The largest absolute Gasteiger partial charge is 0.486 e. The maximum Gasteiger partial charge on any atom is 0.416 e. The number of hydrogen-bond acceptors (Lipinski definition) is 5. The molecule has 0 saturated carbocycles. The van der Waals surface area contributed by atoms with Gasteiger partial charge in [-0.3, -0.25) is 9.78 Å². The molecular formula is C33H37F3N2O3. The molecule has 4 aromatic rings. The van der Waals surface area contributed by atoms with Gasteiger partial charge in [-0.05, 0) is 79.3 Å². The summed E-state index contributed by atoms with van der Waals surface area (Å²) in [5.41, 5.74) is 5.82. The van der Waals surface area contributed by atoms with Crippen molar-refractivity contribution in [3.8, 4) is 17.0 Å². The highest BCUT2D eigenvalue weighted by Crippen LogP contribution is 2.30. The summed E-state index contributed by atoms with van der Waals surface area (Å²) in [6.07, 6.45) is 3.54. The fraction of sp³-hybridized carbons (Fsp3) is 0.303. The zero-order valence-corrected chi connectivity index (χ0v) is 23.9. The fourth-order valence-corrected chi connectivity index (χ4v) is 3.93. The van der Waals surface area contributed by atoms with Crippen LogP contribution in [0.25, 0.3) is 11.3 Å². The van der Waals surface area contributed by atoms with E-state index in [1.165, 1.54) is 17.8 Å². The molecule has 1 N–H and O–H groups in total. The van der Waals surface area contributed by atoms with E-state index in [1.807, 2.05) is 18.2 Å². The van der Waals surface area contributed by atoms with Gasteiger partial charge in [-0.25, -0.2) is 4.98 Å². The number of aromatic nitrogens is 2. The molecule has 2 aromatic carbocycles. The summed E-state index contributed by atoms with van der Waals surface area (Å²) in [4.78, 5) is 19.4. The number of carbonyl (C=O) groups excluding carboxylic acids is 1. The fourth-order valence-electron chi connectivity index (χ4n) is 3.93. The van der Waals surface area contributed by atoms with Crippen LogP contribution < -0.4 is 4.74 Å². The van der Waals surface area contributed by atoms with Crippen LogP contribution in [0.2, 0.25) is 0 Å². The third kappa shape index (κ3) is 10.8. The maximum absolute atomic E-state index is 12.4. The predicted octanol–water partition coefficient (Wildman–Crippen LogP) is 8.06. The first-order chi connectivity index (χ1) is 19.7. The molecule has 0 bridgehead atoms. The molecule has 2 aromatic heterocycles. The van der Waals surface area contributed by atoms with Gasteiger partial charge in [0.25, 0.3) is 0 Å². The van der Waals surface area contributed by atoms with Crippen molar-refractivity contribution in [2.24, 2.45) is 0 Å². The van der Waals surface area contributed by atoms with E-state index >= 15 is 0 Å². The van der Waals surface area contributed by atoms with E-state index in [-0.39, 0.29) is 0 Å². The van der Waals surface area contributed by atoms with Crippen LogP contribution in [0.3, 0.4) is 0 Å². The molecular weight excluding hydrogens is 529 g/mol. The predicted molar refractivity (Wildman–Crippen MR) is 156 cm³/mol. The molecule has 2 heterocycles. The van der Waals surface area contributed by atoms with E-state index in [0.717, 1.165) is 73.2 Å². The zero-order chi connectivity index (χ0) is 30.3. The first kappa shape index (κ1) is 33.2. The third-order valence-corrected chi connectivity index (χ3v) is 6.16. The number of aryl methyl sites for hydroxylation is 3. The molecule has 0 fully saturated rings. The lowest BCUT2D eigenvalue weighted by Gasteiger charge is -2.10. The van der Waals surface area contributed by atoms with Crippen LogP contribution in [-0.2, 0) is 25.6 Å². The van der Waals surface area contributed by atoms with E-state index in [2.05, 4.69) is 48.1 Å². The normalized spacial score (nSPS) is 10.5. The van der Waals surface area contributed by atoms with Crippen LogP contribution in [0, 0.1) is 6.92 Å². The first-order valence-electron chi connectivity index (χ1n) is 13.4. The van der Waals surface area contributed by atoms with Crippen LogP contribution in [0.15, 0.2) is 79.1 Å². The number of carbonyl (C=O) groups is 1. The Bertz CT molecular complexity index is 1370. The lowest BCUT2D eigenvalue weighted by atomic mass is 10.0. The first-order valence-corrected chi connectivity index (χ1v) is 13.4. The molecule has 8 heteroatoms. The van der Waals surface area contributed by atoms with Crippen molar-refractivity contribution in [2.45, 2.75) is 59.2 Å². The molecule has 0 aliphatic carbocycles. The molecule has 0 atom stereocenters. The van der Waals surface area contributed by atoms with Crippen LogP contribution in [0.5, 0.6) is 5.75 Å². The number of aliphatic hydroxyl groups is 1. The number of aldehydes is 1. The van der Waals surface area contributed by atoms with Crippen LogP contribution in [-0.4, -0.2) is 28.5 Å². The number of alkyl halides is 3. The number of halogens is 3. The summed E-state index contributed by atoms with van der Waals surface area (Å²) in [5, 5.41) is 7.00. The number of pyridine rings is 2. The van der Waals surface area contributed by atoms with E-state index in [9.17, 15) is 18.0 Å². The van der Waals surface area contributed by atoms with E-state index < -0.39 is 11.7 Å². The Labute approximate surface area is 240 Å². The van der Waals surface area contributed by atoms with Gasteiger partial charge in [0.1, 0.15) is 12.4 Å². The molecule has 0 unspecified atom stereocenters. The minimum absolute atomic E-state index is 0.325. The van der Waals surface area contributed by atoms with Crippen molar-refractivity contribution in [3.63, 3.8) is 0 Å². The summed E-state index contributed by atoms with van der Waals surface area (Å²) in [6.45, 7) is 6.27. The topological polar surface area (TPSA) is 72.3 Å². The Morgan fingerprint density at radius 1 is 0.951 bits per heavy atom. The van der Waals surface area contributed by atoms with E-state index in [0.29, 0.717) is 17.9 Å². The number of ether oxygens (including phenoxy) is 1. The Kier molecular flexibility index (Phi) is 13.7. The second kappa shape index (κ2) is 16.9. The summed E-state index contributed by atoms with van der Waals surface area (Å²) in [5.74, 6) is 0.555. The smallest absolute Gasteiger partial charge is 0.416 e. The lowest BCUT2D eigenvalue weighted by Crippen LogP contribution is -2.05. The number of benzene rings is 2. The number of unbranched alkanes of at least 4 members (excludes halogenated alkanes) is 1. The molecule has 0 spiro atoms. The summed E-state index contributed by atoms with van der Waals surface area (Å²) < 4.78 is 42.7. The average Bonchev–Trinajstić information content (AvgIpc) is 3.00. The van der Waals surface area contributed by atoms with Crippen molar-refractivity contribution in [1.29, 1.82) is 0 Å². The standard InChI is InChI=1S/C20H18N2O2.C12H15F3.CH4O/c1-2-15-5-3-6-17(9-15)20-8-4-7-18(22-20)14-24-19-10-16(13-23)11-21-12-19;1-3-4-5-10-6-7-11(8-9(10)2)12(13,14)15;1-2/h3-13H,2,14H2,1H3;6-8H,3-5H2,1-2H3;2H,1H3. The highest BCUT2D eigenvalue weighted by Gasteiger charge is 2.30. The van der Waals surface area contributed by atoms with Crippen molar-refractivity contribution in [2.75, 3.05) is 7.11 Å². The average molecular weight is 567 g/mol. The van der Waals surface area contributed by atoms with Crippen molar-refractivity contribution < 1.29 is 27.8 Å². The lowest BCUT2D eigenvalue weighted by molar-refractivity contribution is -0.137. The van der Waals surface area contributed by atoms with Gasteiger partial charge in [0.2, 0.25) is 0 Å². The van der Waals surface area contributed by atoms with Gasteiger partial charge >= 0.3 is 6.18 Å². The quantitative estimate of drug-likeness (QED) is 0.208. The third-order valence-electron chi connectivity index (χ3n) is 6.16. The molecule has 218 valence electrons. The number of hydrogen-bond donors (Lipinski definition) is 1. The minimum atomic E-state index is -4.23. The van der Waals surface area contributed by atoms with Crippen LogP contribution in [0.4, 0.5) is 13.2 Å². The van der Waals surface area contributed by atoms with Gasteiger partial charge in [-0.1, -0.05) is 50.6 Å². The molecule has 0 aliphatic rings. The Hall–Kier alpha value is -4.04. The van der Waals surface area contributed by atoms with Gasteiger partial charge in [0.15, 0.2) is 6.29 Å². The SMILES string of the molecule is CCCCc1ccc(C(F)(F)F)cc1C.CCc1cccc(-c2cccc(COc3cncc(C=O)c3)n2)c1.CO. The Balaban J connectivity index is 0.000000298.